The van der Waals surface area contributed by atoms with Crippen molar-refractivity contribution < 1.29 is 14.8 Å². The Morgan fingerprint density at radius 3 is 2.24 bits per heavy atom. The van der Waals surface area contributed by atoms with E-state index in [9.17, 15) is 9.90 Å². The Morgan fingerprint density at radius 1 is 1.12 bits per heavy atom. The van der Waals surface area contributed by atoms with Gasteiger partial charge in [-0.1, -0.05) is 0 Å². The normalized spacial score (nSPS) is 26.5. The van der Waals surface area contributed by atoms with E-state index in [1.807, 2.05) is 12.1 Å². The highest BCUT2D eigenvalue weighted by molar-refractivity contribution is 5.80. The smallest absolute Gasteiger partial charge is 0.281 e. The number of piperazine rings is 1. The minimum absolute atomic E-state index is 0.0324. The Morgan fingerprint density at radius 2 is 1.68 bits per heavy atom. The molecule has 5 heteroatoms. The molecule has 3 atom stereocenters. The number of amides is 1. The molecular formula is C20H32N3O2+. The van der Waals surface area contributed by atoms with Crippen LogP contribution in [0.2, 0.25) is 0 Å². The molecule has 2 N–H and O–H groups in total. The number of carbonyl (C=O) groups excluding carboxylic acids is 1. The molecule has 3 rings (SSSR count). The van der Waals surface area contributed by atoms with Crippen LogP contribution in [0.5, 0.6) is 5.75 Å². The lowest BCUT2D eigenvalue weighted by Gasteiger charge is -2.42. The number of anilines is 1. The maximum Gasteiger partial charge on any atom is 0.281 e. The van der Waals surface area contributed by atoms with Crippen LogP contribution in [0.25, 0.3) is 0 Å². The highest BCUT2D eigenvalue weighted by Crippen LogP contribution is 2.23. The number of aromatic hydroxyl groups is 1. The zero-order valence-electron chi connectivity index (χ0n) is 15.7. The number of quaternary nitrogens is 1. The summed E-state index contributed by atoms with van der Waals surface area (Å²) in [7, 11) is 0. The van der Waals surface area contributed by atoms with Crippen LogP contribution in [0.4, 0.5) is 5.69 Å². The fourth-order valence-electron chi connectivity index (χ4n) is 4.40. The van der Waals surface area contributed by atoms with Crippen LogP contribution < -0.4 is 9.80 Å². The molecule has 2 saturated heterocycles. The average Bonchev–Trinajstić information content (AvgIpc) is 2.61. The molecule has 2 aliphatic heterocycles. The van der Waals surface area contributed by atoms with Crippen LogP contribution in [0.15, 0.2) is 24.3 Å². The van der Waals surface area contributed by atoms with E-state index in [-0.39, 0.29) is 6.04 Å². The van der Waals surface area contributed by atoms with Crippen molar-refractivity contribution in [2.75, 3.05) is 31.1 Å². The second-order valence-corrected chi connectivity index (χ2v) is 7.76. The molecule has 2 heterocycles. The van der Waals surface area contributed by atoms with E-state index in [0.29, 0.717) is 23.7 Å². The van der Waals surface area contributed by atoms with E-state index < -0.39 is 0 Å². The van der Waals surface area contributed by atoms with Gasteiger partial charge in [-0.3, -0.25) is 4.79 Å². The third-order valence-corrected chi connectivity index (χ3v) is 6.05. The van der Waals surface area contributed by atoms with Crippen LogP contribution in [-0.2, 0) is 4.79 Å². The molecule has 1 amide bonds. The molecule has 1 aromatic rings. The van der Waals surface area contributed by atoms with Crippen molar-refractivity contribution in [2.45, 2.75) is 58.2 Å². The highest BCUT2D eigenvalue weighted by atomic mass is 16.3. The van der Waals surface area contributed by atoms with Gasteiger partial charge >= 0.3 is 0 Å². The van der Waals surface area contributed by atoms with Crippen molar-refractivity contribution >= 4 is 11.6 Å². The summed E-state index contributed by atoms with van der Waals surface area (Å²) in [5.41, 5.74) is 1.15. The number of likely N-dealkylation sites (tertiary alicyclic amines) is 1. The summed E-state index contributed by atoms with van der Waals surface area (Å²) in [6, 6.07) is 8.18. The Hall–Kier alpha value is -1.75. The van der Waals surface area contributed by atoms with Gasteiger partial charge in [-0.2, -0.15) is 0 Å². The molecule has 0 aromatic heterocycles. The highest BCUT2D eigenvalue weighted by Gasteiger charge is 2.37. The number of phenols is 1. The van der Waals surface area contributed by atoms with Gasteiger partial charge in [-0.05, 0) is 64.3 Å². The monoisotopic (exact) mass is 346 g/mol. The summed E-state index contributed by atoms with van der Waals surface area (Å²) < 4.78 is 0. The fourth-order valence-corrected chi connectivity index (χ4v) is 4.40. The summed E-state index contributed by atoms with van der Waals surface area (Å²) in [4.78, 5) is 19.0. The van der Waals surface area contributed by atoms with Crippen LogP contribution in [0, 0.1) is 0 Å². The SMILES string of the molecule is C[C@H](C(=O)N1[C@@H](C)CCC[C@@H]1C)[NH+]1CCN(c2ccc(O)cc2)CC1. The standard InChI is InChI=1S/C20H31N3O2/c1-15-5-4-6-16(2)23(15)20(25)17(3)21-11-13-22(14-12-21)18-7-9-19(24)10-8-18/h7-10,15-17,24H,4-6,11-14H2,1-3H3/p+1/t15-,16-,17+/m0/s1. The fraction of sp³-hybridized carbons (Fsp3) is 0.650. The summed E-state index contributed by atoms with van der Waals surface area (Å²) in [6.45, 7) is 10.3. The minimum atomic E-state index is 0.0324. The molecular weight excluding hydrogens is 314 g/mol. The zero-order chi connectivity index (χ0) is 18.0. The number of hydrogen-bond donors (Lipinski definition) is 2. The number of nitrogens with one attached hydrogen (secondary N) is 1. The molecule has 0 spiro atoms. The largest absolute Gasteiger partial charge is 0.508 e. The molecule has 0 radical (unpaired) electrons. The summed E-state index contributed by atoms with van der Waals surface area (Å²) >= 11 is 0. The van der Waals surface area contributed by atoms with Gasteiger partial charge in [-0.25, -0.2) is 0 Å². The van der Waals surface area contributed by atoms with Gasteiger partial charge in [-0.15, -0.1) is 0 Å². The summed E-state index contributed by atoms with van der Waals surface area (Å²) in [5, 5.41) is 9.43. The Balaban J connectivity index is 1.58. The van der Waals surface area contributed by atoms with Gasteiger partial charge in [0.05, 0.1) is 26.2 Å². The van der Waals surface area contributed by atoms with E-state index >= 15 is 0 Å². The quantitative estimate of drug-likeness (QED) is 0.867. The van der Waals surface area contributed by atoms with E-state index in [2.05, 4.69) is 30.6 Å². The van der Waals surface area contributed by atoms with Crippen molar-refractivity contribution in [3.63, 3.8) is 0 Å². The molecule has 2 fully saturated rings. The Bertz CT molecular complexity index is 571. The van der Waals surface area contributed by atoms with E-state index in [4.69, 9.17) is 0 Å². The molecule has 138 valence electrons. The van der Waals surface area contributed by atoms with E-state index in [1.54, 1.807) is 12.1 Å². The molecule has 0 bridgehead atoms. The summed E-state index contributed by atoms with van der Waals surface area (Å²) in [6.07, 6.45) is 3.50. The first-order chi connectivity index (χ1) is 12.0. The predicted molar refractivity (Wildman–Crippen MR) is 100 cm³/mol. The first kappa shape index (κ1) is 18.1. The number of nitrogens with zero attached hydrogens (tertiary/aromatic N) is 2. The van der Waals surface area contributed by atoms with Gasteiger partial charge in [0, 0.05) is 17.8 Å². The average molecular weight is 346 g/mol. The van der Waals surface area contributed by atoms with Gasteiger partial charge in [0.2, 0.25) is 0 Å². The van der Waals surface area contributed by atoms with Crippen LogP contribution in [0.1, 0.15) is 40.0 Å². The molecule has 1 aromatic carbocycles. The first-order valence-corrected chi connectivity index (χ1v) is 9.68. The number of benzene rings is 1. The van der Waals surface area contributed by atoms with Crippen LogP contribution >= 0.6 is 0 Å². The van der Waals surface area contributed by atoms with Gasteiger partial charge < -0.3 is 19.8 Å². The van der Waals surface area contributed by atoms with Crippen molar-refractivity contribution in [1.29, 1.82) is 0 Å². The third kappa shape index (κ3) is 3.92. The minimum Gasteiger partial charge on any atom is -0.508 e. The predicted octanol–water partition coefficient (Wildman–Crippen LogP) is 1.28. The number of hydrogen-bond acceptors (Lipinski definition) is 3. The lowest BCUT2D eigenvalue weighted by molar-refractivity contribution is -0.915. The Kier molecular flexibility index (Phi) is 5.52. The van der Waals surface area contributed by atoms with Gasteiger partial charge in [0.1, 0.15) is 5.75 Å². The molecule has 0 aliphatic carbocycles. The Labute approximate surface area is 151 Å². The molecule has 0 saturated carbocycles. The van der Waals surface area contributed by atoms with Crippen molar-refractivity contribution in [2.24, 2.45) is 0 Å². The second-order valence-electron chi connectivity index (χ2n) is 7.76. The lowest BCUT2D eigenvalue weighted by Crippen LogP contribution is -3.19. The molecule has 0 unspecified atom stereocenters. The number of phenolic OH excluding ortho intramolecular Hbond substituents is 1. The lowest BCUT2D eigenvalue weighted by atomic mass is 9.96. The van der Waals surface area contributed by atoms with Gasteiger partial charge in [0.15, 0.2) is 6.04 Å². The van der Waals surface area contributed by atoms with Gasteiger partial charge in [0.25, 0.3) is 5.91 Å². The van der Waals surface area contributed by atoms with Crippen molar-refractivity contribution in [3.05, 3.63) is 24.3 Å². The molecule has 25 heavy (non-hydrogen) atoms. The maximum absolute atomic E-state index is 13.1. The van der Waals surface area contributed by atoms with Crippen molar-refractivity contribution in [3.8, 4) is 5.75 Å². The maximum atomic E-state index is 13.1. The third-order valence-electron chi connectivity index (χ3n) is 6.05. The van der Waals surface area contributed by atoms with Crippen LogP contribution in [-0.4, -0.2) is 60.2 Å². The summed E-state index contributed by atoms with van der Waals surface area (Å²) in [5.74, 6) is 0.629. The first-order valence-electron chi connectivity index (χ1n) is 9.68. The second kappa shape index (κ2) is 7.65. The van der Waals surface area contributed by atoms with Crippen LogP contribution in [0.3, 0.4) is 0 Å². The number of rotatable bonds is 3. The molecule has 5 nitrogen and oxygen atoms in total. The topological polar surface area (TPSA) is 48.2 Å². The number of piperidine rings is 1. The zero-order valence-corrected chi connectivity index (χ0v) is 15.7. The van der Waals surface area contributed by atoms with E-state index in [1.165, 1.54) is 11.3 Å². The van der Waals surface area contributed by atoms with E-state index in [0.717, 1.165) is 44.7 Å². The van der Waals surface area contributed by atoms with Crippen molar-refractivity contribution in [1.82, 2.24) is 4.90 Å². The molecule has 2 aliphatic rings. The number of carbonyl (C=O) groups is 1.